The number of pyridine rings is 1. The minimum atomic E-state index is 0. The second kappa shape index (κ2) is 13.4. The van der Waals surface area contributed by atoms with Crippen molar-refractivity contribution in [3.8, 4) is 5.82 Å². The maximum absolute atomic E-state index is 4.89. The van der Waals surface area contributed by atoms with E-state index in [0.29, 0.717) is 0 Å². The van der Waals surface area contributed by atoms with Gasteiger partial charge in [-0.1, -0.05) is 92.1 Å². The van der Waals surface area contributed by atoms with Crippen LogP contribution in [0.15, 0.2) is 113 Å². The van der Waals surface area contributed by atoms with Crippen molar-refractivity contribution >= 4 is 44.9 Å². The van der Waals surface area contributed by atoms with Crippen molar-refractivity contribution in [3.05, 3.63) is 139 Å². The van der Waals surface area contributed by atoms with Crippen LogP contribution in [0.3, 0.4) is 0 Å². The minimum Gasteiger partial charge on any atom is -0.500 e. The van der Waals surface area contributed by atoms with E-state index in [1.54, 1.807) is 11.8 Å². The summed E-state index contributed by atoms with van der Waals surface area (Å²) in [5.41, 5.74) is 8.34. The summed E-state index contributed by atoms with van der Waals surface area (Å²) < 4.78 is 2.28. The van der Waals surface area contributed by atoms with Gasteiger partial charge in [-0.3, -0.25) is 0 Å². The smallest absolute Gasteiger partial charge is 0.135 e. The van der Waals surface area contributed by atoms with E-state index in [1.165, 1.54) is 27.5 Å². The van der Waals surface area contributed by atoms with Gasteiger partial charge in [0.2, 0.25) is 0 Å². The zero-order valence-corrected chi connectivity index (χ0v) is 33.5. The summed E-state index contributed by atoms with van der Waals surface area (Å²) in [7, 11) is 0. The number of benzene rings is 4. The molecule has 6 aromatic rings. The molecular weight excluding hydrogens is 812 g/mol. The SMILES string of the molecule is CC(C)(C)c1cccc(N2C=CN(c3[c-]c(Sc4[c-]c5c(cc4)c4cc(C(C)(C)C)ccc4n5-c4cc(C(C)(C)C)ccn4)ccc3)[CH-]2)c1.[Pt]. The molecule has 0 radical (unpaired) electrons. The van der Waals surface area contributed by atoms with Crippen molar-refractivity contribution in [1.29, 1.82) is 0 Å². The average Bonchev–Trinajstić information content (AvgIpc) is 3.67. The van der Waals surface area contributed by atoms with E-state index in [2.05, 4.69) is 193 Å². The summed E-state index contributed by atoms with van der Waals surface area (Å²) in [6.45, 7) is 22.4. The van der Waals surface area contributed by atoms with Crippen molar-refractivity contribution in [3.63, 3.8) is 0 Å². The number of aromatic nitrogens is 2. The molecule has 2 aromatic heterocycles. The number of anilines is 2. The van der Waals surface area contributed by atoms with Gasteiger partial charge < -0.3 is 14.4 Å². The van der Waals surface area contributed by atoms with Gasteiger partial charge in [0.25, 0.3) is 0 Å². The molecule has 0 aliphatic carbocycles. The third kappa shape index (κ3) is 7.18. The summed E-state index contributed by atoms with van der Waals surface area (Å²) in [4.78, 5) is 11.3. The van der Waals surface area contributed by atoms with E-state index < -0.39 is 0 Å². The molecule has 0 saturated heterocycles. The van der Waals surface area contributed by atoms with E-state index in [0.717, 1.165) is 38.0 Å². The average molecular weight is 857 g/mol. The van der Waals surface area contributed by atoms with E-state index in [9.17, 15) is 0 Å². The van der Waals surface area contributed by atoms with Gasteiger partial charge in [-0.2, -0.15) is 30.3 Å². The molecule has 0 bridgehead atoms. The zero-order chi connectivity index (χ0) is 34.7. The maximum atomic E-state index is 4.89. The Bertz CT molecular complexity index is 2210. The fourth-order valence-electron chi connectivity index (χ4n) is 6.24. The molecule has 0 N–H and O–H groups in total. The fraction of sp³-hybridized carbons (Fsp3) is 0.273. The van der Waals surface area contributed by atoms with Gasteiger partial charge in [0.15, 0.2) is 0 Å². The van der Waals surface area contributed by atoms with Crippen molar-refractivity contribution in [2.24, 2.45) is 0 Å². The Morgan fingerprint density at radius 2 is 1.28 bits per heavy atom. The Kier molecular flexibility index (Phi) is 9.65. The van der Waals surface area contributed by atoms with Gasteiger partial charge in [0.1, 0.15) is 5.82 Å². The van der Waals surface area contributed by atoms with Gasteiger partial charge in [0, 0.05) is 38.5 Å². The molecule has 0 atom stereocenters. The second-order valence-corrected chi connectivity index (χ2v) is 17.2. The van der Waals surface area contributed by atoms with Gasteiger partial charge in [0.05, 0.1) is 0 Å². The fourth-order valence-corrected chi connectivity index (χ4v) is 7.07. The molecule has 3 heterocycles. The Labute approximate surface area is 316 Å². The molecule has 260 valence electrons. The van der Waals surface area contributed by atoms with Crippen molar-refractivity contribution in [2.75, 3.05) is 9.80 Å². The Morgan fingerprint density at radius 3 is 2.02 bits per heavy atom. The molecular formula is C44H45N4PtS-3. The molecule has 1 aliphatic heterocycles. The minimum absolute atomic E-state index is 0. The van der Waals surface area contributed by atoms with Crippen LogP contribution in [-0.2, 0) is 37.3 Å². The van der Waals surface area contributed by atoms with Gasteiger partial charge >= 0.3 is 0 Å². The molecule has 0 spiro atoms. The monoisotopic (exact) mass is 856 g/mol. The Hall–Kier alpha value is -3.79. The molecule has 0 unspecified atom stereocenters. The molecule has 1 aliphatic rings. The molecule has 50 heavy (non-hydrogen) atoms. The summed E-state index contributed by atoms with van der Waals surface area (Å²) >= 11 is 1.68. The summed E-state index contributed by atoms with van der Waals surface area (Å²) in [5, 5.41) is 2.40. The topological polar surface area (TPSA) is 24.3 Å². The zero-order valence-electron chi connectivity index (χ0n) is 30.4. The van der Waals surface area contributed by atoms with Crippen molar-refractivity contribution in [2.45, 2.75) is 88.3 Å². The first-order valence-electron chi connectivity index (χ1n) is 17.0. The van der Waals surface area contributed by atoms with Crippen molar-refractivity contribution in [1.82, 2.24) is 9.55 Å². The summed E-state index contributed by atoms with van der Waals surface area (Å²) in [6, 6.07) is 38.2. The maximum Gasteiger partial charge on any atom is 0.135 e. The Morgan fingerprint density at radius 1 is 0.620 bits per heavy atom. The molecule has 0 saturated carbocycles. The van der Waals surface area contributed by atoms with Crippen LogP contribution in [0.5, 0.6) is 0 Å². The second-order valence-electron chi connectivity index (χ2n) is 16.1. The van der Waals surface area contributed by atoms with Crippen LogP contribution in [0, 0.1) is 18.8 Å². The number of hydrogen-bond donors (Lipinski definition) is 0. The number of fused-ring (bicyclic) bond motifs is 3. The number of nitrogens with zero attached hydrogens (tertiary/aromatic N) is 4. The van der Waals surface area contributed by atoms with Gasteiger partial charge in [-0.05, 0) is 81.1 Å². The molecule has 7 rings (SSSR count). The number of rotatable bonds is 5. The molecule has 4 nitrogen and oxygen atoms in total. The quantitative estimate of drug-likeness (QED) is 0.161. The van der Waals surface area contributed by atoms with E-state index >= 15 is 0 Å². The predicted octanol–water partition coefficient (Wildman–Crippen LogP) is 11.7. The Balaban J connectivity index is 0.00000432. The van der Waals surface area contributed by atoms with Gasteiger partial charge in [-0.25, -0.2) is 4.98 Å². The first-order valence-corrected chi connectivity index (χ1v) is 17.9. The normalized spacial score (nSPS) is 13.8. The van der Waals surface area contributed by atoms with Gasteiger partial charge in [-0.15, -0.1) is 51.4 Å². The molecule has 4 aromatic carbocycles. The van der Waals surface area contributed by atoms with Crippen LogP contribution in [0.1, 0.15) is 79.0 Å². The van der Waals surface area contributed by atoms with E-state index in [4.69, 9.17) is 4.98 Å². The van der Waals surface area contributed by atoms with Crippen LogP contribution in [-0.4, -0.2) is 9.55 Å². The van der Waals surface area contributed by atoms with Crippen LogP contribution in [0.4, 0.5) is 11.4 Å². The van der Waals surface area contributed by atoms with Crippen LogP contribution in [0.25, 0.3) is 27.6 Å². The number of hydrogen-bond acceptors (Lipinski definition) is 4. The standard InChI is InChI=1S/C44H45N4S.Pt/c1-42(2,3)30-12-10-13-33(24-30)46-22-23-47(29-46)34-14-11-15-35(27-34)49-36-17-18-37-38-25-31(43(4,5)6)16-19-39(38)48(40(37)28-36)41-26-32(20-21-45-41)44(7,8)9;/h10-26,29H,1-9H3;/q-3;. The first-order chi connectivity index (χ1) is 23.1. The third-order valence-corrected chi connectivity index (χ3v) is 10.2. The summed E-state index contributed by atoms with van der Waals surface area (Å²) in [6.07, 6.45) is 6.12. The molecule has 6 heteroatoms. The van der Waals surface area contributed by atoms with Crippen LogP contribution < -0.4 is 9.80 Å². The third-order valence-electron chi connectivity index (χ3n) is 9.25. The van der Waals surface area contributed by atoms with Crippen LogP contribution >= 0.6 is 11.8 Å². The molecule has 0 fully saturated rings. The largest absolute Gasteiger partial charge is 0.500 e. The van der Waals surface area contributed by atoms with Crippen molar-refractivity contribution < 1.29 is 21.1 Å². The van der Waals surface area contributed by atoms with E-state index in [-0.39, 0.29) is 37.3 Å². The first kappa shape index (κ1) is 36.0. The molecule has 0 amide bonds. The predicted molar refractivity (Wildman–Crippen MR) is 208 cm³/mol. The summed E-state index contributed by atoms with van der Waals surface area (Å²) in [5.74, 6) is 0.914. The van der Waals surface area contributed by atoms with Crippen LogP contribution in [0.2, 0.25) is 0 Å². The van der Waals surface area contributed by atoms with E-state index in [1.807, 2.05) is 6.20 Å².